The molecule has 0 N–H and O–H groups in total. The number of allylic oxidation sites excluding steroid dienone is 1. The number of methoxy groups -OCH3 is 1. The molecular weight excluding hydrogens is 354 g/mol. The molecule has 0 radical (unpaired) electrons. The van der Waals surface area contributed by atoms with Crippen LogP contribution < -0.4 is 0 Å². The molecule has 0 amide bonds. The number of rotatable bonds is 6. The second-order valence-corrected chi connectivity index (χ2v) is 7.92. The molecule has 2 atom stereocenters. The Morgan fingerprint density at radius 3 is 2.50 bits per heavy atom. The van der Waals surface area contributed by atoms with Crippen molar-refractivity contribution in [2.24, 2.45) is 17.3 Å². The molecule has 28 heavy (non-hydrogen) atoms. The summed E-state index contributed by atoms with van der Waals surface area (Å²) < 4.78 is 12.3. The molecule has 0 saturated heterocycles. The highest BCUT2D eigenvalue weighted by atomic mass is 16.5. The molecule has 1 heterocycles. The van der Waals surface area contributed by atoms with Gasteiger partial charge in [-0.25, -0.2) is 4.79 Å². The van der Waals surface area contributed by atoms with Crippen LogP contribution in [-0.4, -0.2) is 23.6 Å². The number of carbonyl (C=O) groups excluding carboxylic acids is 2. The standard InChI is InChI=1S/C23H27NO4/c1-15-8-9-17(16(2)21(15)24-12-6-7-13-24)14-28-22(26)20-18(23(20,3)4)10-11-19(25)27-5/h6-13,18,20H,14H2,1-5H3/t18-,20-/m0/s1. The van der Waals surface area contributed by atoms with Crippen molar-refractivity contribution in [2.75, 3.05) is 7.11 Å². The monoisotopic (exact) mass is 381 g/mol. The van der Waals surface area contributed by atoms with Gasteiger partial charge in [-0.05, 0) is 54.0 Å². The first-order chi connectivity index (χ1) is 13.3. The third-order valence-corrected chi connectivity index (χ3v) is 5.78. The molecule has 0 aliphatic heterocycles. The first kappa shape index (κ1) is 19.9. The molecule has 5 nitrogen and oxygen atoms in total. The molecule has 0 spiro atoms. The lowest BCUT2D eigenvalue weighted by molar-refractivity contribution is -0.147. The topological polar surface area (TPSA) is 57.5 Å². The fraction of sp³-hybridized carbons (Fsp3) is 0.391. The number of carbonyl (C=O) groups is 2. The van der Waals surface area contributed by atoms with Crippen LogP contribution in [0.4, 0.5) is 0 Å². The van der Waals surface area contributed by atoms with Gasteiger partial charge in [0, 0.05) is 18.5 Å². The summed E-state index contributed by atoms with van der Waals surface area (Å²) in [5, 5.41) is 0. The highest BCUT2D eigenvalue weighted by molar-refractivity contribution is 5.83. The second kappa shape index (κ2) is 7.66. The van der Waals surface area contributed by atoms with Crippen LogP contribution in [-0.2, 0) is 25.7 Å². The lowest BCUT2D eigenvalue weighted by Gasteiger charge is -2.16. The summed E-state index contributed by atoms with van der Waals surface area (Å²) in [7, 11) is 1.34. The third-order valence-electron chi connectivity index (χ3n) is 5.78. The van der Waals surface area contributed by atoms with Gasteiger partial charge in [-0.3, -0.25) is 4.79 Å². The zero-order valence-corrected chi connectivity index (χ0v) is 17.1. The quantitative estimate of drug-likeness (QED) is 0.557. The van der Waals surface area contributed by atoms with E-state index in [0.717, 1.165) is 16.8 Å². The van der Waals surface area contributed by atoms with Gasteiger partial charge in [0.1, 0.15) is 6.61 Å². The van der Waals surface area contributed by atoms with E-state index in [-0.39, 0.29) is 29.8 Å². The Morgan fingerprint density at radius 2 is 1.86 bits per heavy atom. The maximum Gasteiger partial charge on any atom is 0.330 e. The van der Waals surface area contributed by atoms with E-state index in [1.807, 2.05) is 44.4 Å². The molecule has 5 heteroatoms. The summed E-state index contributed by atoms with van der Waals surface area (Å²) in [6.45, 7) is 8.37. The summed E-state index contributed by atoms with van der Waals surface area (Å²) in [6, 6.07) is 8.04. The highest BCUT2D eigenvalue weighted by Gasteiger charge is 2.61. The van der Waals surface area contributed by atoms with Gasteiger partial charge in [-0.2, -0.15) is 0 Å². The Balaban J connectivity index is 1.70. The Morgan fingerprint density at radius 1 is 1.18 bits per heavy atom. The Hall–Kier alpha value is -2.82. The molecule has 1 fully saturated rings. The molecule has 0 unspecified atom stereocenters. The summed E-state index contributed by atoms with van der Waals surface area (Å²) >= 11 is 0. The summed E-state index contributed by atoms with van der Waals surface area (Å²) in [6.07, 6.45) is 7.15. The first-order valence-electron chi connectivity index (χ1n) is 9.42. The van der Waals surface area contributed by atoms with E-state index in [9.17, 15) is 9.59 Å². The molecule has 3 rings (SSSR count). The number of benzene rings is 1. The maximum atomic E-state index is 12.6. The first-order valence-corrected chi connectivity index (χ1v) is 9.42. The van der Waals surface area contributed by atoms with Crippen molar-refractivity contribution in [3.05, 3.63) is 65.5 Å². The molecule has 1 aromatic carbocycles. The van der Waals surface area contributed by atoms with Crippen molar-refractivity contribution in [1.29, 1.82) is 0 Å². The predicted molar refractivity (Wildman–Crippen MR) is 107 cm³/mol. The van der Waals surface area contributed by atoms with E-state index < -0.39 is 5.97 Å². The molecule has 2 aromatic rings. The van der Waals surface area contributed by atoms with Gasteiger partial charge in [0.25, 0.3) is 0 Å². The fourth-order valence-electron chi connectivity index (χ4n) is 3.89. The minimum atomic E-state index is -0.414. The lowest BCUT2D eigenvalue weighted by Crippen LogP contribution is -2.12. The zero-order chi connectivity index (χ0) is 20.5. The van der Waals surface area contributed by atoms with Gasteiger partial charge in [-0.15, -0.1) is 0 Å². The molecule has 148 valence electrons. The van der Waals surface area contributed by atoms with Crippen molar-refractivity contribution in [1.82, 2.24) is 4.57 Å². The Bertz CT molecular complexity index is 909. The number of esters is 2. The average Bonchev–Trinajstić information content (AvgIpc) is 3.00. The van der Waals surface area contributed by atoms with Crippen LogP contribution in [0.2, 0.25) is 0 Å². The van der Waals surface area contributed by atoms with E-state index in [1.165, 1.54) is 18.7 Å². The minimum Gasteiger partial charge on any atom is -0.466 e. The van der Waals surface area contributed by atoms with E-state index in [1.54, 1.807) is 6.08 Å². The number of ether oxygens (including phenoxy) is 2. The maximum absolute atomic E-state index is 12.6. The molecular formula is C23H27NO4. The normalized spacial score (nSPS) is 20.2. The van der Waals surface area contributed by atoms with Crippen LogP contribution >= 0.6 is 0 Å². The Labute approximate surface area is 166 Å². The van der Waals surface area contributed by atoms with Crippen molar-refractivity contribution in [3.8, 4) is 5.69 Å². The van der Waals surface area contributed by atoms with Gasteiger partial charge in [0.2, 0.25) is 0 Å². The molecule has 0 bridgehead atoms. The average molecular weight is 381 g/mol. The number of hydrogen-bond acceptors (Lipinski definition) is 4. The lowest BCUT2D eigenvalue weighted by atomic mass is 10.0. The highest BCUT2D eigenvalue weighted by Crippen LogP contribution is 2.59. The molecule has 1 aromatic heterocycles. The largest absolute Gasteiger partial charge is 0.466 e. The summed E-state index contributed by atoms with van der Waals surface area (Å²) in [5.41, 5.74) is 4.15. The summed E-state index contributed by atoms with van der Waals surface area (Å²) in [5.74, 6) is -0.911. The fourth-order valence-corrected chi connectivity index (χ4v) is 3.89. The summed E-state index contributed by atoms with van der Waals surface area (Å²) in [4.78, 5) is 23.9. The van der Waals surface area contributed by atoms with Gasteiger partial charge in [0.15, 0.2) is 0 Å². The van der Waals surface area contributed by atoms with Crippen molar-refractivity contribution in [2.45, 2.75) is 34.3 Å². The molecule has 1 saturated carbocycles. The van der Waals surface area contributed by atoms with E-state index in [2.05, 4.69) is 29.2 Å². The second-order valence-electron chi connectivity index (χ2n) is 7.92. The van der Waals surface area contributed by atoms with Crippen molar-refractivity contribution in [3.63, 3.8) is 0 Å². The van der Waals surface area contributed by atoms with Crippen LogP contribution in [0.1, 0.15) is 30.5 Å². The Kier molecular flexibility index (Phi) is 5.45. The zero-order valence-electron chi connectivity index (χ0n) is 17.1. The van der Waals surface area contributed by atoms with Gasteiger partial charge in [-0.1, -0.05) is 32.1 Å². The van der Waals surface area contributed by atoms with Crippen LogP contribution in [0.5, 0.6) is 0 Å². The van der Waals surface area contributed by atoms with Gasteiger partial charge in [0.05, 0.1) is 18.7 Å². The minimum absolute atomic E-state index is 0.0198. The number of aryl methyl sites for hydroxylation is 1. The smallest absolute Gasteiger partial charge is 0.330 e. The SMILES string of the molecule is COC(=O)C=C[C@H]1[C@@H](C(=O)OCc2ccc(C)c(-n3cccc3)c2C)C1(C)C. The van der Waals surface area contributed by atoms with Crippen LogP contribution in [0.25, 0.3) is 5.69 Å². The number of hydrogen-bond donors (Lipinski definition) is 0. The van der Waals surface area contributed by atoms with Crippen molar-refractivity contribution >= 4 is 11.9 Å². The molecule has 1 aliphatic carbocycles. The van der Waals surface area contributed by atoms with Crippen molar-refractivity contribution < 1.29 is 19.1 Å². The van der Waals surface area contributed by atoms with Crippen LogP contribution in [0.3, 0.4) is 0 Å². The number of nitrogens with zero attached hydrogens (tertiary/aromatic N) is 1. The van der Waals surface area contributed by atoms with Crippen LogP contribution in [0, 0.1) is 31.1 Å². The van der Waals surface area contributed by atoms with Gasteiger partial charge >= 0.3 is 11.9 Å². The number of aromatic nitrogens is 1. The van der Waals surface area contributed by atoms with E-state index in [4.69, 9.17) is 4.74 Å². The predicted octanol–water partition coefficient (Wildman–Crippen LogP) is 4.14. The van der Waals surface area contributed by atoms with E-state index >= 15 is 0 Å². The van der Waals surface area contributed by atoms with E-state index in [0.29, 0.717) is 0 Å². The van der Waals surface area contributed by atoms with Gasteiger partial charge < -0.3 is 14.0 Å². The third kappa shape index (κ3) is 3.75. The van der Waals surface area contributed by atoms with Crippen LogP contribution in [0.15, 0.2) is 48.8 Å². The molecule has 1 aliphatic rings.